The Bertz CT molecular complexity index is 650. The van der Waals surface area contributed by atoms with Crippen molar-refractivity contribution >= 4 is 0 Å². The topological polar surface area (TPSA) is 40.5 Å². The molecule has 0 aromatic carbocycles. The summed E-state index contributed by atoms with van der Waals surface area (Å²) >= 11 is 0. The fourth-order valence-corrected chi connectivity index (χ4v) is 6.67. The molecule has 3 aliphatic carbocycles. The second kappa shape index (κ2) is 9.10. The van der Waals surface area contributed by atoms with Gasteiger partial charge in [-0.1, -0.05) is 56.6 Å². The maximum atomic E-state index is 10.0. The molecule has 3 aliphatic rings. The highest BCUT2D eigenvalue weighted by atomic mass is 16.3. The molecule has 164 valence electrons. The fraction of sp³-hybridized carbons (Fsp3) is 0.778. The van der Waals surface area contributed by atoms with Crippen LogP contribution < -0.4 is 0 Å². The maximum Gasteiger partial charge on any atom is 0.0591 e. The number of hydrogen-bond donors (Lipinski definition) is 2. The van der Waals surface area contributed by atoms with Crippen LogP contribution in [0.25, 0.3) is 0 Å². The molecule has 3 fully saturated rings. The molecule has 2 N–H and O–H groups in total. The number of fused-ring (bicyclic) bond motifs is 1. The molecule has 0 aliphatic heterocycles. The van der Waals surface area contributed by atoms with Gasteiger partial charge in [0.2, 0.25) is 0 Å². The molecule has 3 saturated carbocycles. The smallest absolute Gasteiger partial charge is 0.0591 e. The molecular formula is C27H44O2. The van der Waals surface area contributed by atoms with Crippen molar-refractivity contribution < 1.29 is 10.2 Å². The van der Waals surface area contributed by atoms with Crippen molar-refractivity contribution in [2.24, 2.45) is 23.2 Å². The average Bonchev–Trinajstić information content (AvgIpc) is 2.99. The van der Waals surface area contributed by atoms with E-state index in [1.807, 2.05) is 13.8 Å². The van der Waals surface area contributed by atoms with Crippen LogP contribution in [0.15, 0.2) is 35.5 Å². The number of allylic oxidation sites excluding steroid dienone is 4. The Morgan fingerprint density at radius 1 is 1.21 bits per heavy atom. The van der Waals surface area contributed by atoms with Crippen molar-refractivity contribution in [1.82, 2.24) is 0 Å². The third-order valence-corrected chi connectivity index (χ3v) is 8.36. The van der Waals surface area contributed by atoms with E-state index in [4.69, 9.17) is 0 Å². The Hall–Kier alpha value is -0.860. The number of hydrogen-bond acceptors (Lipinski definition) is 2. The lowest BCUT2D eigenvalue weighted by molar-refractivity contribution is 0.0596. The zero-order valence-electron chi connectivity index (χ0n) is 19.3. The molecule has 0 heterocycles. The highest BCUT2D eigenvalue weighted by Crippen LogP contribution is 2.60. The van der Waals surface area contributed by atoms with E-state index in [1.54, 1.807) is 5.57 Å². The average molecular weight is 401 g/mol. The van der Waals surface area contributed by atoms with Crippen LogP contribution in [-0.4, -0.2) is 21.9 Å². The van der Waals surface area contributed by atoms with Crippen molar-refractivity contribution in [1.29, 1.82) is 0 Å². The molecule has 2 nitrogen and oxygen atoms in total. The third kappa shape index (κ3) is 5.44. The summed E-state index contributed by atoms with van der Waals surface area (Å²) in [7, 11) is 0. The van der Waals surface area contributed by atoms with E-state index in [1.165, 1.54) is 49.7 Å². The van der Waals surface area contributed by atoms with Gasteiger partial charge in [-0.2, -0.15) is 0 Å². The summed E-state index contributed by atoms with van der Waals surface area (Å²) in [5.41, 5.74) is 4.02. The van der Waals surface area contributed by atoms with Crippen LogP contribution in [0.5, 0.6) is 0 Å². The van der Waals surface area contributed by atoms with Crippen LogP contribution in [0.2, 0.25) is 0 Å². The SMILES string of the molecule is C=C1CCC(O)C/C1=C\C=C1\CCCC2(C)C1CCC2C(C)CCCC(C)(C)O. The number of rotatable bonds is 6. The molecule has 2 heteroatoms. The lowest BCUT2D eigenvalue weighted by Crippen LogP contribution is -2.36. The van der Waals surface area contributed by atoms with Gasteiger partial charge in [-0.25, -0.2) is 0 Å². The summed E-state index contributed by atoms with van der Waals surface area (Å²) in [4.78, 5) is 0. The van der Waals surface area contributed by atoms with Crippen LogP contribution >= 0.6 is 0 Å². The molecular weight excluding hydrogens is 356 g/mol. The van der Waals surface area contributed by atoms with Gasteiger partial charge in [0.05, 0.1) is 11.7 Å². The van der Waals surface area contributed by atoms with Crippen LogP contribution in [0.3, 0.4) is 0 Å². The Balaban J connectivity index is 1.68. The Labute approximate surface area is 179 Å². The molecule has 5 atom stereocenters. The summed E-state index contributed by atoms with van der Waals surface area (Å²) in [5, 5.41) is 20.1. The van der Waals surface area contributed by atoms with Crippen LogP contribution in [0.4, 0.5) is 0 Å². The van der Waals surface area contributed by atoms with Gasteiger partial charge in [-0.15, -0.1) is 0 Å². The van der Waals surface area contributed by atoms with E-state index in [0.717, 1.165) is 49.9 Å². The number of aliphatic hydroxyl groups is 2. The second-order valence-corrected chi connectivity index (χ2v) is 11.2. The van der Waals surface area contributed by atoms with E-state index in [2.05, 4.69) is 32.6 Å². The maximum absolute atomic E-state index is 10.0. The Morgan fingerprint density at radius 2 is 1.97 bits per heavy atom. The van der Waals surface area contributed by atoms with Gasteiger partial charge in [0.25, 0.3) is 0 Å². The van der Waals surface area contributed by atoms with Crippen molar-refractivity contribution in [3.05, 3.63) is 35.5 Å². The molecule has 29 heavy (non-hydrogen) atoms. The first-order chi connectivity index (χ1) is 13.6. The first-order valence-electron chi connectivity index (χ1n) is 12.1. The second-order valence-electron chi connectivity index (χ2n) is 11.2. The number of aliphatic hydroxyl groups excluding tert-OH is 1. The monoisotopic (exact) mass is 400 g/mol. The third-order valence-electron chi connectivity index (χ3n) is 8.36. The van der Waals surface area contributed by atoms with Crippen molar-refractivity contribution in [2.45, 2.75) is 110 Å². The normalized spacial score (nSPS) is 37.2. The molecule has 0 bridgehead atoms. The minimum absolute atomic E-state index is 0.192. The van der Waals surface area contributed by atoms with Crippen LogP contribution in [0, 0.1) is 23.2 Å². The van der Waals surface area contributed by atoms with Gasteiger partial charge < -0.3 is 10.2 Å². The van der Waals surface area contributed by atoms with E-state index in [9.17, 15) is 10.2 Å². The minimum atomic E-state index is -0.535. The van der Waals surface area contributed by atoms with Crippen molar-refractivity contribution in [3.8, 4) is 0 Å². The molecule has 0 amide bonds. The highest BCUT2D eigenvalue weighted by Gasteiger charge is 2.50. The largest absolute Gasteiger partial charge is 0.393 e. The van der Waals surface area contributed by atoms with Crippen molar-refractivity contribution in [2.75, 3.05) is 0 Å². The minimum Gasteiger partial charge on any atom is -0.393 e. The van der Waals surface area contributed by atoms with E-state index in [0.29, 0.717) is 5.41 Å². The molecule has 0 radical (unpaired) electrons. The summed E-state index contributed by atoms with van der Waals surface area (Å²) in [6.45, 7) is 13.1. The molecule has 0 saturated heterocycles. The molecule has 5 unspecified atom stereocenters. The van der Waals surface area contributed by atoms with Gasteiger partial charge in [0.15, 0.2) is 0 Å². The quantitative estimate of drug-likeness (QED) is 0.518. The standard InChI is InChI=1S/C27H44O2/c1-19-10-13-23(28)18-22(19)12-11-21-9-7-17-27(5)24(14-15-25(21)27)20(2)8-6-16-26(3,4)29/h11-12,20,23-25,28-29H,1,6-10,13-18H2,2-5H3/b21-11-,22-12+. The van der Waals surface area contributed by atoms with Gasteiger partial charge in [-0.05, 0) is 100 Å². The first kappa shape index (κ1) is 22.8. The van der Waals surface area contributed by atoms with E-state index < -0.39 is 5.60 Å². The Morgan fingerprint density at radius 3 is 2.69 bits per heavy atom. The van der Waals surface area contributed by atoms with Gasteiger partial charge in [0, 0.05) is 0 Å². The van der Waals surface area contributed by atoms with Crippen LogP contribution in [-0.2, 0) is 0 Å². The van der Waals surface area contributed by atoms with Crippen molar-refractivity contribution in [3.63, 3.8) is 0 Å². The summed E-state index contributed by atoms with van der Waals surface area (Å²) in [6.07, 6.45) is 16.9. The molecule has 0 aromatic rings. The van der Waals surface area contributed by atoms with Crippen LogP contribution in [0.1, 0.15) is 98.3 Å². The zero-order chi connectivity index (χ0) is 21.2. The predicted molar refractivity (Wildman–Crippen MR) is 123 cm³/mol. The zero-order valence-corrected chi connectivity index (χ0v) is 19.3. The van der Waals surface area contributed by atoms with E-state index in [-0.39, 0.29) is 6.10 Å². The molecule has 0 aromatic heterocycles. The van der Waals surface area contributed by atoms with Gasteiger partial charge >= 0.3 is 0 Å². The lowest BCUT2D eigenvalue weighted by Gasteiger charge is -2.44. The summed E-state index contributed by atoms with van der Waals surface area (Å²) in [6, 6.07) is 0. The summed E-state index contributed by atoms with van der Waals surface area (Å²) < 4.78 is 0. The molecule has 3 rings (SSSR count). The highest BCUT2D eigenvalue weighted by molar-refractivity contribution is 5.36. The van der Waals surface area contributed by atoms with E-state index >= 15 is 0 Å². The van der Waals surface area contributed by atoms with Gasteiger partial charge in [0.1, 0.15) is 0 Å². The first-order valence-corrected chi connectivity index (χ1v) is 12.1. The predicted octanol–water partition coefficient (Wildman–Crippen LogP) is 6.73. The Kier molecular flexibility index (Phi) is 7.16. The van der Waals surface area contributed by atoms with Gasteiger partial charge in [-0.3, -0.25) is 0 Å². The molecule has 0 spiro atoms. The summed E-state index contributed by atoms with van der Waals surface area (Å²) in [5.74, 6) is 2.26. The lowest BCUT2D eigenvalue weighted by atomic mass is 9.60. The fourth-order valence-electron chi connectivity index (χ4n) is 6.67.